The second kappa shape index (κ2) is 6.91. The van der Waals surface area contributed by atoms with Crippen LogP contribution in [0.1, 0.15) is 16.5 Å². The van der Waals surface area contributed by atoms with Crippen LogP contribution < -0.4 is 4.74 Å². The van der Waals surface area contributed by atoms with E-state index in [1.165, 1.54) is 12.1 Å². The number of ether oxygens (including phenoxy) is 1. The summed E-state index contributed by atoms with van der Waals surface area (Å²) in [5, 5.41) is 10.4. The van der Waals surface area contributed by atoms with E-state index in [0.717, 1.165) is 21.3 Å². The lowest BCUT2D eigenvalue weighted by atomic mass is 10.0. The van der Waals surface area contributed by atoms with E-state index in [9.17, 15) is 10.1 Å². The maximum atomic E-state index is 10.6. The van der Waals surface area contributed by atoms with Crippen LogP contribution in [0.3, 0.4) is 0 Å². The van der Waals surface area contributed by atoms with Gasteiger partial charge in [-0.15, -0.1) is 11.6 Å². The van der Waals surface area contributed by atoms with E-state index in [1.807, 2.05) is 18.2 Å². The molecule has 0 N–H and O–H groups in total. The molecule has 0 radical (unpaired) electrons. The van der Waals surface area contributed by atoms with Crippen LogP contribution in [0.25, 0.3) is 0 Å². The fraction of sp³-hybridized carbons (Fsp3) is 0.200. The average Bonchev–Trinajstić information content (AvgIpc) is 2.47. The van der Waals surface area contributed by atoms with Crippen molar-refractivity contribution in [3.8, 4) is 5.75 Å². The largest absolute Gasteiger partial charge is 0.496 e. The highest BCUT2D eigenvalue weighted by atomic mass is 79.9. The molecule has 110 valence electrons. The van der Waals surface area contributed by atoms with E-state index in [0.29, 0.717) is 6.42 Å². The van der Waals surface area contributed by atoms with Crippen LogP contribution in [0.15, 0.2) is 46.9 Å². The van der Waals surface area contributed by atoms with E-state index >= 15 is 0 Å². The highest BCUT2D eigenvalue weighted by Gasteiger charge is 2.12. The van der Waals surface area contributed by atoms with Crippen molar-refractivity contribution in [2.45, 2.75) is 11.8 Å². The Bertz CT molecular complexity index is 646. The van der Waals surface area contributed by atoms with E-state index in [-0.39, 0.29) is 11.1 Å². The molecule has 6 heteroatoms. The summed E-state index contributed by atoms with van der Waals surface area (Å²) >= 11 is 9.84. The molecular weight excluding hydrogens is 358 g/mol. The minimum atomic E-state index is -0.414. The van der Waals surface area contributed by atoms with Crippen LogP contribution in [0.2, 0.25) is 0 Å². The first-order valence-corrected chi connectivity index (χ1v) is 7.45. The Morgan fingerprint density at radius 3 is 2.48 bits per heavy atom. The summed E-state index contributed by atoms with van der Waals surface area (Å²) in [4.78, 5) is 10.2. The predicted molar refractivity (Wildman–Crippen MR) is 86.1 cm³/mol. The number of hydrogen-bond acceptors (Lipinski definition) is 3. The van der Waals surface area contributed by atoms with Crippen LogP contribution in [0.5, 0.6) is 5.75 Å². The number of benzene rings is 2. The first-order chi connectivity index (χ1) is 10.0. The van der Waals surface area contributed by atoms with Crippen molar-refractivity contribution in [2.24, 2.45) is 0 Å². The topological polar surface area (TPSA) is 52.4 Å². The zero-order chi connectivity index (χ0) is 15.4. The molecule has 0 aliphatic heterocycles. The molecule has 1 atom stereocenters. The molecule has 0 saturated heterocycles. The third kappa shape index (κ3) is 3.95. The van der Waals surface area contributed by atoms with Crippen molar-refractivity contribution in [2.75, 3.05) is 7.11 Å². The van der Waals surface area contributed by atoms with Crippen LogP contribution in [-0.4, -0.2) is 12.0 Å². The van der Waals surface area contributed by atoms with Crippen molar-refractivity contribution in [1.82, 2.24) is 0 Å². The lowest BCUT2D eigenvalue weighted by Gasteiger charge is -2.12. The van der Waals surface area contributed by atoms with E-state index in [1.54, 1.807) is 19.2 Å². The Kier molecular flexibility index (Phi) is 5.20. The number of halogens is 2. The number of methoxy groups -OCH3 is 1. The van der Waals surface area contributed by atoms with Gasteiger partial charge in [-0.3, -0.25) is 10.1 Å². The minimum absolute atomic E-state index is 0.0806. The van der Waals surface area contributed by atoms with Crippen LogP contribution in [-0.2, 0) is 6.42 Å². The molecule has 4 nitrogen and oxygen atoms in total. The number of nitro benzene ring substituents is 1. The molecule has 0 amide bonds. The SMILES string of the molecule is COc1ccc(C(Cl)Cc2ccc([N+](=O)[O-])cc2)cc1Br. The van der Waals surface area contributed by atoms with Gasteiger partial charge in [0.15, 0.2) is 0 Å². The molecule has 21 heavy (non-hydrogen) atoms. The standard InChI is InChI=1S/C15H13BrClNO3/c1-21-15-7-4-11(9-13(15)16)14(17)8-10-2-5-12(6-3-10)18(19)20/h2-7,9,14H,8H2,1H3. The molecule has 0 bridgehead atoms. The normalized spacial score (nSPS) is 12.0. The van der Waals surface area contributed by atoms with Gasteiger partial charge in [-0.25, -0.2) is 0 Å². The van der Waals surface area contributed by atoms with Crippen molar-refractivity contribution in [1.29, 1.82) is 0 Å². The highest BCUT2D eigenvalue weighted by molar-refractivity contribution is 9.10. The average molecular weight is 371 g/mol. The van der Waals surface area contributed by atoms with E-state index in [4.69, 9.17) is 16.3 Å². The fourth-order valence-electron chi connectivity index (χ4n) is 1.96. The van der Waals surface area contributed by atoms with Gasteiger partial charge < -0.3 is 4.74 Å². The molecule has 2 rings (SSSR count). The molecule has 1 unspecified atom stereocenters. The Morgan fingerprint density at radius 1 is 1.29 bits per heavy atom. The van der Waals surface area contributed by atoms with Gasteiger partial charge >= 0.3 is 0 Å². The number of non-ortho nitro benzene ring substituents is 1. The smallest absolute Gasteiger partial charge is 0.269 e. The maximum absolute atomic E-state index is 10.6. The number of nitro groups is 1. The second-order valence-electron chi connectivity index (χ2n) is 4.49. The number of rotatable bonds is 5. The highest BCUT2D eigenvalue weighted by Crippen LogP contribution is 2.32. The molecule has 0 heterocycles. The second-order valence-corrected chi connectivity index (χ2v) is 5.87. The molecular formula is C15H13BrClNO3. The van der Waals surface area contributed by atoms with Gasteiger partial charge in [-0.2, -0.15) is 0 Å². The van der Waals surface area contributed by atoms with Gasteiger partial charge in [-0.1, -0.05) is 18.2 Å². The van der Waals surface area contributed by atoms with Crippen molar-refractivity contribution in [3.63, 3.8) is 0 Å². The summed E-state index contributed by atoms with van der Waals surface area (Å²) in [7, 11) is 1.61. The molecule has 0 spiro atoms. The number of hydrogen-bond donors (Lipinski definition) is 0. The summed E-state index contributed by atoms with van der Waals surface area (Å²) in [5.41, 5.74) is 1.99. The number of nitrogens with zero attached hydrogens (tertiary/aromatic N) is 1. The third-order valence-corrected chi connectivity index (χ3v) is 4.13. The Labute approximate surface area is 136 Å². The van der Waals surface area contributed by atoms with Crippen molar-refractivity contribution < 1.29 is 9.66 Å². The minimum Gasteiger partial charge on any atom is -0.496 e. The Morgan fingerprint density at radius 2 is 1.95 bits per heavy atom. The summed E-state index contributed by atoms with van der Waals surface area (Å²) < 4.78 is 6.02. The Balaban J connectivity index is 2.12. The molecule has 2 aromatic carbocycles. The summed E-state index contributed by atoms with van der Waals surface area (Å²) in [6, 6.07) is 12.1. The first-order valence-electron chi connectivity index (χ1n) is 6.22. The van der Waals surface area contributed by atoms with Gasteiger partial charge in [0.2, 0.25) is 0 Å². The molecule has 0 aromatic heterocycles. The molecule has 0 fully saturated rings. The maximum Gasteiger partial charge on any atom is 0.269 e. The summed E-state index contributed by atoms with van der Waals surface area (Å²) in [6.07, 6.45) is 0.596. The van der Waals surface area contributed by atoms with Gasteiger partial charge in [0.1, 0.15) is 5.75 Å². The van der Waals surface area contributed by atoms with Crippen LogP contribution in [0, 0.1) is 10.1 Å². The van der Waals surface area contributed by atoms with Crippen LogP contribution in [0.4, 0.5) is 5.69 Å². The lowest BCUT2D eigenvalue weighted by molar-refractivity contribution is -0.384. The van der Waals surface area contributed by atoms with Crippen LogP contribution >= 0.6 is 27.5 Å². The third-order valence-electron chi connectivity index (χ3n) is 3.10. The zero-order valence-electron chi connectivity index (χ0n) is 11.3. The summed E-state index contributed by atoms with van der Waals surface area (Å²) in [6.45, 7) is 0. The van der Waals surface area contributed by atoms with Gasteiger partial charge in [0.25, 0.3) is 5.69 Å². The quantitative estimate of drug-likeness (QED) is 0.428. The van der Waals surface area contributed by atoms with Gasteiger partial charge in [0.05, 0.1) is 21.9 Å². The monoisotopic (exact) mass is 369 g/mol. The molecule has 0 aliphatic rings. The van der Waals surface area contributed by atoms with Crippen molar-refractivity contribution in [3.05, 3.63) is 68.2 Å². The zero-order valence-corrected chi connectivity index (χ0v) is 13.6. The molecule has 2 aromatic rings. The van der Waals surface area contributed by atoms with E-state index in [2.05, 4.69) is 15.9 Å². The predicted octanol–water partition coefficient (Wildman–Crippen LogP) is 4.89. The van der Waals surface area contributed by atoms with Gasteiger partial charge in [-0.05, 0) is 45.6 Å². The summed E-state index contributed by atoms with van der Waals surface area (Å²) in [5.74, 6) is 0.748. The Hall–Kier alpha value is -1.59. The number of alkyl halides is 1. The fourth-order valence-corrected chi connectivity index (χ4v) is 2.83. The lowest BCUT2D eigenvalue weighted by Crippen LogP contribution is -1.97. The first kappa shape index (κ1) is 15.8. The van der Waals surface area contributed by atoms with Crippen molar-refractivity contribution >= 4 is 33.2 Å². The van der Waals surface area contributed by atoms with E-state index < -0.39 is 4.92 Å². The van der Waals surface area contributed by atoms with Gasteiger partial charge in [0, 0.05) is 12.1 Å². The molecule has 0 aliphatic carbocycles. The molecule has 0 saturated carbocycles.